The van der Waals surface area contributed by atoms with Crippen molar-refractivity contribution in [1.29, 1.82) is 0 Å². The van der Waals surface area contributed by atoms with Crippen LogP contribution in [0.3, 0.4) is 0 Å². The molecular weight excluding hydrogens is 376 g/mol. The van der Waals surface area contributed by atoms with Gasteiger partial charge in [0.1, 0.15) is 12.4 Å². The summed E-state index contributed by atoms with van der Waals surface area (Å²) in [5.74, 6) is -0.904. The molecule has 2 rings (SSSR count). The Morgan fingerprint density at radius 2 is 2.00 bits per heavy atom. The maximum Gasteiger partial charge on any atom is 0.344 e. The second-order valence-corrected chi connectivity index (χ2v) is 6.22. The Morgan fingerprint density at radius 1 is 1.26 bits per heavy atom. The SMILES string of the molecule is CCOC(=O)C1=C(COC(=O)COc2cc(C)ccc2Cl)NC(=O)N[C@@H]1C. The number of esters is 2. The summed E-state index contributed by atoms with van der Waals surface area (Å²) in [4.78, 5) is 35.7. The molecule has 27 heavy (non-hydrogen) atoms. The molecule has 0 bridgehead atoms. The molecule has 0 saturated carbocycles. The third kappa shape index (κ3) is 5.62. The molecule has 0 radical (unpaired) electrons. The van der Waals surface area contributed by atoms with Gasteiger partial charge in [-0.3, -0.25) is 0 Å². The average Bonchev–Trinajstić information content (AvgIpc) is 2.60. The first-order chi connectivity index (χ1) is 12.8. The third-order valence-electron chi connectivity index (χ3n) is 3.68. The van der Waals surface area contributed by atoms with Crippen LogP contribution in [0.5, 0.6) is 5.75 Å². The van der Waals surface area contributed by atoms with E-state index >= 15 is 0 Å². The van der Waals surface area contributed by atoms with E-state index in [2.05, 4.69) is 10.6 Å². The largest absolute Gasteiger partial charge is 0.480 e. The van der Waals surface area contributed by atoms with Crippen LogP contribution in [0.25, 0.3) is 0 Å². The van der Waals surface area contributed by atoms with Crippen LogP contribution in [0.15, 0.2) is 29.5 Å². The van der Waals surface area contributed by atoms with E-state index in [4.69, 9.17) is 25.8 Å². The zero-order chi connectivity index (χ0) is 20.0. The molecule has 9 heteroatoms. The summed E-state index contributed by atoms with van der Waals surface area (Å²) in [6, 6.07) is 4.11. The number of nitrogens with one attached hydrogen (secondary N) is 2. The molecule has 2 amide bonds. The lowest BCUT2D eigenvalue weighted by atomic mass is 10.0. The fourth-order valence-corrected chi connectivity index (χ4v) is 2.62. The van der Waals surface area contributed by atoms with Gasteiger partial charge in [-0.15, -0.1) is 0 Å². The normalized spacial score (nSPS) is 16.3. The summed E-state index contributed by atoms with van der Waals surface area (Å²) in [5, 5.41) is 5.40. The summed E-state index contributed by atoms with van der Waals surface area (Å²) in [7, 11) is 0. The number of carbonyl (C=O) groups is 3. The van der Waals surface area contributed by atoms with Gasteiger partial charge in [-0.2, -0.15) is 0 Å². The Labute approximate surface area is 161 Å². The highest BCUT2D eigenvalue weighted by Crippen LogP contribution is 2.25. The van der Waals surface area contributed by atoms with Gasteiger partial charge in [-0.05, 0) is 38.5 Å². The van der Waals surface area contributed by atoms with Gasteiger partial charge >= 0.3 is 18.0 Å². The van der Waals surface area contributed by atoms with E-state index in [0.29, 0.717) is 10.8 Å². The molecular formula is C18H21ClN2O6. The molecule has 1 aliphatic heterocycles. The van der Waals surface area contributed by atoms with Crippen LogP contribution in [0.2, 0.25) is 5.02 Å². The Bertz CT molecular complexity index is 777. The molecule has 8 nitrogen and oxygen atoms in total. The topological polar surface area (TPSA) is 103 Å². The van der Waals surface area contributed by atoms with Crippen LogP contribution in [0, 0.1) is 6.92 Å². The molecule has 1 heterocycles. The molecule has 1 aromatic rings. The van der Waals surface area contributed by atoms with Gasteiger partial charge in [0.05, 0.1) is 28.9 Å². The van der Waals surface area contributed by atoms with Gasteiger partial charge in [0.25, 0.3) is 0 Å². The van der Waals surface area contributed by atoms with E-state index in [1.807, 2.05) is 13.0 Å². The van der Waals surface area contributed by atoms with Crippen LogP contribution in [-0.4, -0.2) is 43.8 Å². The van der Waals surface area contributed by atoms with Gasteiger partial charge in [0.2, 0.25) is 0 Å². The van der Waals surface area contributed by atoms with Gasteiger partial charge in [0.15, 0.2) is 6.61 Å². The fraction of sp³-hybridized carbons (Fsp3) is 0.389. The lowest BCUT2D eigenvalue weighted by molar-refractivity contribution is -0.145. The van der Waals surface area contributed by atoms with E-state index in [9.17, 15) is 14.4 Å². The van der Waals surface area contributed by atoms with Gasteiger partial charge in [-0.1, -0.05) is 17.7 Å². The molecule has 1 atom stereocenters. The lowest BCUT2D eigenvalue weighted by Gasteiger charge is -2.26. The zero-order valence-corrected chi connectivity index (χ0v) is 16.0. The number of benzene rings is 1. The number of halogens is 1. The minimum Gasteiger partial charge on any atom is -0.480 e. The van der Waals surface area contributed by atoms with E-state index in [1.54, 1.807) is 26.0 Å². The number of urea groups is 1. The fourth-order valence-electron chi connectivity index (χ4n) is 2.45. The average molecular weight is 397 g/mol. The van der Waals surface area contributed by atoms with E-state index in [0.717, 1.165) is 5.56 Å². The zero-order valence-electron chi connectivity index (χ0n) is 15.3. The quantitative estimate of drug-likeness (QED) is 0.684. The Kier molecular flexibility index (Phi) is 7.06. The van der Waals surface area contributed by atoms with Crippen LogP contribution in [0.1, 0.15) is 19.4 Å². The van der Waals surface area contributed by atoms with Crippen molar-refractivity contribution >= 4 is 29.6 Å². The van der Waals surface area contributed by atoms with Crippen LogP contribution in [0.4, 0.5) is 4.79 Å². The van der Waals surface area contributed by atoms with Crippen molar-refractivity contribution in [3.63, 3.8) is 0 Å². The lowest BCUT2D eigenvalue weighted by Crippen LogP contribution is -2.50. The number of ether oxygens (including phenoxy) is 3. The summed E-state index contributed by atoms with van der Waals surface area (Å²) in [6.45, 7) is 4.69. The van der Waals surface area contributed by atoms with Crippen LogP contribution in [-0.2, 0) is 19.1 Å². The first-order valence-corrected chi connectivity index (χ1v) is 8.71. The molecule has 146 valence electrons. The predicted octanol–water partition coefficient (Wildman–Crippen LogP) is 2.09. The molecule has 1 aliphatic rings. The van der Waals surface area contributed by atoms with Crippen molar-refractivity contribution < 1.29 is 28.6 Å². The first-order valence-electron chi connectivity index (χ1n) is 8.34. The van der Waals surface area contributed by atoms with Crippen molar-refractivity contribution in [3.8, 4) is 5.75 Å². The number of amides is 2. The van der Waals surface area contributed by atoms with Crippen molar-refractivity contribution in [1.82, 2.24) is 10.6 Å². The van der Waals surface area contributed by atoms with Crippen molar-refractivity contribution in [2.24, 2.45) is 0 Å². The summed E-state index contributed by atoms with van der Waals surface area (Å²) >= 11 is 6.00. The summed E-state index contributed by atoms with van der Waals surface area (Å²) in [5.41, 5.74) is 1.30. The van der Waals surface area contributed by atoms with Crippen molar-refractivity contribution in [2.75, 3.05) is 19.8 Å². The molecule has 1 aromatic carbocycles. The molecule has 2 N–H and O–H groups in total. The summed E-state index contributed by atoms with van der Waals surface area (Å²) in [6.07, 6.45) is 0. The number of aryl methyl sites for hydroxylation is 1. The van der Waals surface area contributed by atoms with E-state index in [-0.39, 0.29) is 31.1 Å². The highest BCUT2D eigenvalue weighted by Gasteiger charge is 2.30. The first kappa shape index (κ1) is 20.6. The summed E-state index contributed by atoms with van der Waals surface area (Å²) < 4.78 is 15.5. The highest BCUT2D eigenvalue weighted by atomic mass is 35.5. The molecule has 0 spiro atoms. The van der Waals surface area contributed by atoms with E-state index < -0.39 is 24.0 Å². The molecule has 0 aromatic heterocycles. The molecule has 0 aliphatic carbocycles. The highest BCUT2D eigenvalue weighted by molar-refractivity contribution is 6.32. The second kappa shape index (κ2) is 9.27. The van der Waals surface area contributed by atoms with Gasteiger partial charge in [0, 0.05) is 0 Å². The minimum absolute atomic E-state index is 0.173. The van der Waals surface area contributed by atoms with Crippen molar-refractivity contribution in [2.45, 2.75) is 26.8 Å². The standard InChI is InChI=1S/C18H21ClN2O6/c1-4-25-17(23)16-11(3)20-18(24)21-13(16)8-27-15(22)9-26-14-7-10(2)5-6-12(14)19/h5-7,11H,4,8-9H2,1-3H3,(H2,20,21,24)/t11-/m1/s1. The maximum absolute atomic E-state index is 12.1. The van der Waals surface area contributed by atoms with Gasteiger partial charge < -0.3 is 24.8 Å². The van der Waals surface area contributed by atoms with Gasteiger partial charge in [-0.25, -0.2) is 14.4 Å². The Hall–Kier alpha value is -2.74. The number of hydrogen-bond acceptors (Lipinski definition) is 6. The smallest absolute Gasteiger partial charge is 0.344 e. The van der Waals surface area contributed by atoms with Crippen LogP contribution < -0.4 is 15.4 Å². The predicted molar refractivity (Wildman–Crippen MR) is 97.4 cm³/mol. The maximum atomic E-state index is 12.1. The second-order valence-electron chi connectivity index (χ2n) is 5.82. The van der Waals surface area contributed by atoms with Crippen molar-refractivity contribution in [3.05, 3.63) is 40.1 Å². The Balaban J connectivity index is 2.00. The Morgan fingerprint density at radius 3 is 2.70 bits per heavy atom. The monoisotopic (exact) mass is 396 g/mol. The van der Waals surface area contributed by atoms with Crippen LogP contribution >= 0.6 is 11.6 Å². The minimum atomic E-state index is -0.677. The number of hydrogen-bond donors (Lipinski definition) is 2. The molecule has 0 fully saturated rings. The molecule has 0 unspecified atom stereocenters. The molecule has 0 saturated heterocycles. The number of rotatable bonds is 7. The van der Waals surface area contributed by atoms with E-state index in [1.165, 1.54) is 0 Å². The third-order valence-corrected chi connectivity index (χ3v) is 3.99. The number of carbonyl (C=O) groups excluding carboxylic acids is 3.